The van der Waals surface area contributed by atoms with Crippen LogP contribution in [0.3, 0.4) is 0 Å². The second-order valence-electron chi connectivity index (χ2n) is 7.22. The van der Waals surface area contributed by atoms with Crippen LogP contribution in [-0.2, 0) is 16.0 Å². The molecule has 1 aromatic heterocycles. The van der Waals surface area contributed by atoms with Crippen molar-refractivity contribution >= 4 is 23.2 Å². The van der Waals surface area contributed by atoms with Crippen LogP contribution >= 0.6 is 11.3 Å². The SMILES string of the molecule is COc1ccc(-c2nc(CC(=O)N3CCN(C)C(=O)C3(C)C)cs2)cc1OC. The molecule has 1 saturated heterocycles. The van der Waals surface area contributed by atoms with Crippen molar-refractivity contribution in [3.63, 3.8) is 0 Å². The van der Waals surface area contributed by atoms with Crippen molar-refractivity contribution in [1.29, 1.82) is 0 Å². The second kappa shape index (κ2) is 7.79. The molecule has 0 spiro atoms. The molecule has 3 rings (SSSR count). The summed E-state index contributed by atoms with van der Waals surface area (Å²) in [4.78, 5) is 33.2. The Morgan fingerprint density at radius 1 is 1.21 bits per heavy atom. The summed E-state index contributed by atoms with van der Waals surface area (Å²) in [5.74, 6) is 1.15. The molecule has 1 aromatic carbocycles. The Hall–Kier alpha value is -2.61. The van der Waals surface area contributed by atoms with Crippen LogP contribution in [0.25, 0.3) is 10.6 Å². The fraction of sp³-hybridized carbons (Fsp3) is 0.450. The summed E-state index contributed by atoms with van der Waals surface area (Å²) in [6.45, 7) is 4.65. The number of ether oxygens (including phenoxy) is 2. The van der Waals surface area contributed by atoms with Crippen LogP contribution in [0.1, 0.15) is 19.5 Å². The summed E-state index contributed by atoms with van der Waals surface area (Å²) < 4.78 is 10.6. The number of hydrogen-bond donors (Lipinski definition) is 0. The lowest BCUT2D eigenvalue weighted by Gasteiger charge is -2.44. The van der Waals surface area contributed by atoms with E-state index in [1.165, 1.54) is 11.3 Å². The molecule has 2 heterocycles. The molecule has 0 radical (unpaired) electrons. The highest BCUT2D eigenvalue weighted by molar-refractivity contribution is 7.13. The molecule has 1 aliphatic heterocycles. The molecule has 0 saturated carbocycles. The molecule has 7 nitrogen and oxygen atoms in total. The van der Waals surface area contributed by atoms with Crippen LogP contribution in [0.5, 0.6) is 11.5 Å². The van der Waals surface area contributed by atoms with Crippen molar-refractivity contribution in [2.24, 2.45) is 0 Å². The molecule has 0 aliphatic carbocycles. The molecule has 0 N–H and O–H groups in total. The van der Waals surface area contributed by atoms with E-state index in [1.54, 1.807) is 44.9 Å². The zero-order valence-corrected chi connectivity index (χ0v) is 17.6. The predicted octanol–water partition coefficient (Wildman–Crippen LogP) is 2.45. The smallest absolute Gasteiger partial charge is 0.247 e. The number of likely N-dealkylation sites (N-methyl/N-ethyl adjacent to an activating group) is 1. The Balaban J connectivity index is 1.76. The maximum absolute atomic E-state index is 12.8. The number of piperazine rings is 1. The van der Waals surface area contributed by atoms with Gasteiger partial charge in [0.05, 0.1) is 26.3 Å². The molecule has 0 bridgehead atoms. The van der Waals surface area contributed by atoms with E-state index < -0.39 is 5.54 Å². The summed E-state index contributed by atoms with van der Waals surface area (Å²) in [6, 6.07) is 5.61. The first-order valence-electron chi connectivity index (χ1n) is 9.00. The van der Waals surface area contributed by atoms with Crippen LogP contribution in [0, 0.1) is 0 Å². The first kappa shape index (κ1) is 20.1. The number of hydrogen-bond acceptors (Lipinski definition) is 6. The van der Waals surface area contributed by atoms with E-state index in [-0.39, 0.29) is 18.2 Å². The van der Waals surface area contributed by atoms with Crippen molar-refractivity contribution in [3.05, 3.63) is 29.3 Å². The van der Waals surface area contributed by atoms with E-state index in [2.05, 4.69) is 4.98 Å². The van der Waals surface area contributed by atoms with Crippen LogP contribution in [0.2, 0.25) is 0 Å². The maximum Gasteiger partial charge on any atom is 0.247 e. The van der Waals surface area contributed by atoms with Crippen LogP contribution < -0.4 is 9.47 Å². The lowest BCUT2D eigenvalue weighted by atomic mass is 9.97. The third-order valence-corrected chi connectivity index (χ3v) is 5.96. The highest BCUT2D eigenvalue weighted by atomic mass is 32.1. The van der Waals surface area contributed by atoms with Crippen molar-refractivity contribution in [1.82, 2.24) is 14.8 Å². The van der Waals surface area contributed by atoms with Gasteiger partial charge in [-0.3, -0.25) is 9.59 Å². The highest BCUT2D eigenvalue weighted by Gasteiger charge is 2.42. The number of thiazole rings is 1. The van der Waals surface area contributed by atoms with E-state index in [0.29, 0.717) is 30.3 Å². The maximum atomic E-state index is 12.8. The zero-order chi connectivity index (χ0) is 20.5. The summed E-state index contributed by atoms with van der Waals surface area (Å²) in [5.41, 5.74) is 0.755. The second-order valence-corrected chi connectivity index (χ2v) is 8.08. The number of nitrogens with zero attached hydrogens (tertiary/aromatic N) is 3. The number of amides is 2. The minimum Gasteiger partial charge on any atom is -0.493 e. The van der Waals surface area contributed by atoms with Gasteiger partial charge in [0.15, 0.2) is 11.5 Å². The first-order valence-corrected chi connectivity index (χ1v) is 9.88. The van der Waals surface area contributed by atoms with Gasteiger partial charge in [-0.1, -0.05) is 0 Å². The fourth-order valence-electron chi connectivity index (χ4n) is 3.39. The molecule has 28 heavy (non-hydrogen) atoms. The lowest BCUT2D eigenvalue weighted by Crippen LogP contribution is -2.63. The number of rotatable bonds is 5. The van der Waals surface area contributed by atoms with E-state index in [0.717, 1.165) is 10.6 Å². The number of benzene rings is 1. The predicted molar refractivity (Wildman–Crippen MR) is 108 cm³/mol. The monoisotopic (exact) mass is 403 g/mol. The molecule has 150 valence electrons. The van der Waals surface area contributed by atoms with Crippen LogP contribution in [0.4, 0.5) is 0 Å². The van der Waals surface area contributed by atoms with Gasteiger partial charge in [-0.05, 0) is 32.0 Å². The Kier molecular flexibility index (Phi) is 5.60. The van der Waals surface area contributed by atoms with Crippen LogP contribution in [-0.4, -0.2) is 66.5 Å². The van der Waals surface area contributed by atoms with Gasteiger partial charge in [-0.25, -0.2) is 4.98 Å². The number of carbonyl (C=O) groups is 2. The third kappa shape index (κ3) is 3.69. The quantitative estimate of drug-likeness (QED) is 0.767. The topological polar surface area (TPSA) is 72.0 Å². The molecule has 8 heteroatoms. The molecule has 1 fully saturated rings. The van der Waals surface area contributed by atoms with Crippen molar-refractivity contribution < 1.29 is 19.1 Å². The number of methoxy groups -OCH3 is 2. The summed E-state index contributed by atoms with van der Waals surface area (Å²) in [7, 11) is 4.95. The average molecular weight is 404 g/mol. The van der Waals surface area contributed by atoms with Gasteiger partial charge in [0, 0.05) is 31.1 Å². The normalized spacial score (nSPS) is 16.2. The van der Waals surface area contributed by atoms with E-state index >= 15 is 0 Å². The summed E-state index contributed by atoms with van der Waals surface area (Å²) >= 11 is 1.47. The molecular weight excluding hydrogens is 378 g/mol. The van der Waals surface area contributed by atoms with Gasteiger partial charge in [0.2, 0.25) is 11.8 Å². The van der Waals surface area contributed by atoms with Crippen molar-refractivity contribution in [3.8, 4) is 22.1 Å². The zero-order valence-electron chi connectivity index (χ0n) is 16.8. The minimum absolute atomic E-state index is 0.0450. The van der Waals surface area contributed by atoms with Crippen molar-refractivity contribution in [2.45, 2.75) is 25.8 Å². The average Bonchev–Trinajstić information content (AvgIpc) is 3.13. The fourth-order valence-corrected chi connectivity index (χ4v) is 4.21. The lowest BCUT2D eigenvalue weighted by molar-refractivity contribution is -0.156. The van der Waals surface area contributed by atoms with Crippen molar-refractivity contribution in [2.75, 3.05) is 34.4 Å². The van der Waals surface area contributed by atoms with Gasteiger partial charge in [0.25, 0.3) is 0 Å². The molecule has 1 aliphatic rings. The van der Waals surface area contributed by atoms with E-state index in [4.69, 9.17) is 9.47 Å². The van der Waals surface area contributed by atoms with E-state index in [9.17, 15) is 9.59 Å². The largest absolute Gasteiger partial charge is 0.493 e. The Morgan fingerprint density at radius 2 is 1.93 bits per heavy atom. The number of aromatic nitrogens is 1. The molecule has 2 aromatic rings. The van der Waals surface area contributed by atoms with Gasteiger partial charge in [-0.2, -0.15) is 0 Å². The summed E-state index contributed by atoms with van der Waals surface area (Å²) in [6.07, 6.45) is 0.171. The molecule has 0 atom stereocenters. The van der Waals surface area contributed by atoms with Gasteiger partial charge < -0.3 is 19.3 Å². The molecule has 0 unspecified atom stereocenters. The third-order valence-electron chi connectivity index (χ3n) is 5.02. The Bertz CT molecular complexity index is 893. The van der Waals surface area contributed by atoms with Gasteiger partial charge in [-0.15, -0.1) is 11.3 Å². The molecule has 2 amide bonds. The minimum atomic E-state index is -0.841. The Labute approximate surface area is 168 Å². The van der Waals surface area contributed by atoms with E-state index in [1.807, 2.05) is 23.6 Å². The van der Waals surface area contributed by atoms with Gasteiger partial charge in [0.1, 0.15) is 10.5 Å². The first-order chi connectivity index (χ1) is 13.3. The highest BCUT2D eigenvalue weighted by Crippen LogP contribution is 2.33. The summed E-state index contributed by atoms with van der Waals surface area (Å²) in [5, 5.41) is 2.69. The van der Waals surface area contributed by atoms with Gasteiger partial charge >= 0.3 is 0 Å². The number of carbonyl (C=O) groups excluding carboxylic acids is 2. The molecular formula is C20H25N3O4S. The van der Waals surface area contributed by atoms with Crippen LogP contribution in [0.15, 0.2) is 23.6 Å². The Morgan fingerprint density at radius 3 is 2.61 bits per heavy atom. The standard InChI is InChI=1S/C20H25N3O4S/c1-20(2)19(25)22(3)8-9-23(20)17(24)11-14-12-28-18(21-14)13-6-7-15(26-4)16(10-13)27-5/h6-7,10,12H,8-9,11H2,1-5H3.